The van der Waals surface area contributed by atoms with E-state index < -0.39 is 0 Å². The lowest BCUT2D eigenvalue weighted by atomic mass is 10.3. The van der Waals surface area contributed by atoms with Gasteiger partial charge in [0.25, 0.3) is 0 Å². The van der Waals surface area contributed by atoms with Crippen molar-refractivity contribution in [2.24, 2.45) is 0 Å². The van der Waals surface area contributed by atoms with Crippen molar-refractivity contribution in [3.05, 3.63) is 17.5 Å². The lowest BCUT2D eigenvalue weighted by Crippen LogP contribution is -1.91. The van der Waals surface area contributed by atoms with Crippen LogP contribution in [0, 0.1) is 0 Å². The number of nitrogens with zero attached hydrogens (tertiary/aromatic N) is 4. The van der Waals surface area contributed by atoms with E-state index in [0.717, 1.165) is 36.1 Å². The molecule has 6 nitrogen and oxygen atoms in total. The molecular weight excluding hydrogens is 250 g/mol. The molecule has 0 bridgehead atoms. The number of H-pyrrole nitrogens is 1. The van der Waals surface area contributed by atoms with Crippen molar-refractivity contribution >= 4 is 11.8 Å². The second-order valence-corrected chi connectivity index (χ2v) is 5.29. The molecule has 2 heterocycles. The lowest BCUT2D eigenvalue weighted by Gasteiger charge is -2.01. The van der Waals surface area contributed by atoms with Crippen LogP contribution < -0.4 is 0 Å². The summed E-state index contributed by atoms with van der Waals surface area (Å²) in [5.74, 6) is 2.29. The zero-order chi connectivity index (χ0) is 13.0. The van der Waals surface area contributed by atoms with Crippen molar-refractivity contribution in [1.82, 2.24) is 25.3 Å². The van der Waals surface area contributed by atoms with Crippen LogP contribution in [0.25, 0.3) is 0 Å². The third kappa shape index (κ3) is 3.10. The minimum Gasteiger partial charge on any atom is -0.338 e. The van der Waals surface area contributed by atoms with Crippen molar-refractivity contribution in [3.8, 4) is 0 Å². The van der Waals surface area contributed by atoms with Crippen LogP contribution in [0.15, 0.2) is 9.68 Å². The Hall–Kier alpha value is -1.37. The molecular formula is C11H17N5OS. The smallest absolute Gasteiger partial charge is 0.239 e. The van der Waals surface area contributed by atoms with Crippen LogP contribution in [0.5, 0.6) is 0 Å². The van der Waals surface area contributed by atoms with Crippen molar-refractivity contribution in [2.75, 3.05) is 0 Å². The number of hydrogen-bond acceptors (Lipinski definition) is 6. The number of hydrogen-bond donors (Lipinski definition) is 1. The summed E-state index contributed by atoms with van der Waals surface area (Å²) in [6.45, 7) is 6.14. The molecule has 2 aromatic rings. The van der Waals surface area contributed by atoms with E-state index in [1.165, 1.54) is 11.8 Å². The second-order valence-electron chi connectivity index (χ2n) is 3.98. The zero-order valence-corrected chi connectivity index (χ0v) is 11.6. The van der Waals surface area contributed by atoms with E-state index >= 15 is 0 Å². The molecule has 98 valence electrons. The maximum atomic E-state index is 5.24. The molecule has 0 fully saturated rings. The molecule has 0 saturated carbocycles. The number of aryl methyl sites for hydroxylation is 2. The highest BCUT2D eigenvalue weighted by Crippen LogP contribution is 2.31. The predicted octanol–water partition coefficient (Wildman–Crippen LogP) is 2.56. The summed E-state index contributed by atoms with van der Waals surface area (Å²) >= 11 is 1.51. The fourth-order valence-electron chi connectivity index (χ4n) is 1.45. The Labute approximate surface area is 110 Å². The van der Waals surface area contributed by atoms with E-state index in [1.807, 2.05) is 13.8 Å². The standard InChI is InChI=1S/C11H17N5OS/c1-4-6-9-12-10(17-16-9)7(3)18-11-13-8(5-2)14-15-11/h7H,4-6H2,1-3H3,(H,13,14,15). The molecule has 0 saturated heterocycles. The van der Waals surface area contributed by atoms with Crippen LogP contribution in [0.3, 0.4) is 0 Å². The molecule has 7 heteroatoms. The molecule has 0 aromatic carbocycles. The molecule has 0 amide bonds. The van der Waals surface area contributed by atoms with Crippen molar-refractivity contribution in [3.63, 3.8) is 0 Å². The predicted molar refractivity (Wildman–Crippen MR) is 68.3 cm³/mol. The largest absolute Gasteiger partial charge is 0.338 e. The highest BCUT2D eigenvalue weighted by molar-refractivity contribution is 7.99. The summed E-state index contributed by atoms with van der Waals surface area (Å²) in [6.07, 6.45) is 2.71. The Balaban J connectivity index is 1.99. The molecule has 0 aliphatic carbocycles. The summed E-state index contributed by atoms with van der Waals surface area (Å²) in [4.78, 5) is 8.70. The van der Waals surface area contributed by atoms with Crippen LogP contribution in [0.2, 0.25) is 0 Å². The van der Waals surface area contributed by atoms with Gasteiger partial charge in [-0.15, -0.1) is 5.10 Å². The van der Waals surface area contributed by atoms with E-state index in [1.54, 1.807) is 0 Å². The monoisotopic (exact) mass is 267 g/mol. The number of nitrogens with one attached hydrogen (secondary N) is 1. The van der Waals surface area contributed by atoms with Gasteiger partial charge in [-0.25, -0.2) is 4.98 Å². The summed E-state index contributed by atoms with van der Waals surface area (Å²) in [6, 6.07) is 0. The fraction of sp³-hybridized carbons (Fsp3) is 0.636. The molecule has 1 N–H and O–H groups in total. The molecule has 0 radical (unpaired) electrons. The highest BCUT2D eigenvalue weighted by Gasteiger charge is 2.17. The molecule has 0 aliphatic rings. The van der Waals surface area contributed by atoms with E-state index in [-0.39, 0.29) is 5.25 Å². The molecule has 18 heavy (non-hydrogen) atoms. The van der Waals surface area contributed by atoms with Gasteiger partial charge in [0.15, 0.2) is 5.82 Å². The van der Waals surface area contributed by atoms with Crippen LogP contribution in [0.1, 0.15) is 50.0 Å². The summed E-state index contributed by atoms with van der Waals surface area (Å²) in [5, 5.41) is 11.7. The molecule has 0 aliphatic heterocycles. The Kier molecular flexibility index (Phi) is 4.35. The van der Waals surface area contributed by atoms with Gasteiger partial charge >= 0.3 is 0 Å². The number of thioether (sulfide) groups is 1. The Morgan fingerprint density at radius 2 is 2.17 bits per heavy atom. The van der Waals surface area contributed by atoms with Crippen LogP contribution in [0.4, 0.5) is 0 Å². The quantitative estimate of drug-likeness (QED) is 0.810. The maximum Gasteiger partial charge on any atom is 0.239 e. The zero-order valence-electron chi connectivity index (χ0n) is 10.8. The number of aromatic amines is 1. The van der Waals surface area contributed by atoms with Gasteiger partial charge in [-0.05, 0) is 13.3 Å². The van der Waals surface area contributed by atoms with Gasteiger partial charge in [0.05, 0.1) is 5.25 Å². The lowest BCUT2D eigenvalue weighted by molar-refractivity contribution is 0.374. The minimum absolute atomic E-state index is 0.0589. The summed E-state index contributed by atoms with van der Waals surface area (Å²) < 4.78 is 5.24. The molecule has 1 atom stereocenters. The molecule has 0 spiro atoms. The third-order valence-corrected chi connectivity index (χ3v) is 3.38. The topological polar surface area (TPSA) is 80.5 Å². The number of rotatable bonds is 6. The average molecular weight is 267 g/mol. The Bertz CT molecular complexity index is 495. The maximum absolute atomic E-state index is 5.24. The van der Waals surface area contributed by atoms with Crippen molar-refractivity contribution in [1.29, 1.82) is 0 Å². The first-order valence-corrected chi connectivity index (χ1v) is 7.01. The third-order valence-electron chi connectivity index (χ3n) is 2.43. The molecule has 1 unspecified atom stereocenters. The summed E-state index contributed by atoms with van der Waals surface area (Å²) in [5.41, 5.74) is 0. The highest BCUT2D eigenvalue weighted by atomic mass is 32.2. The van der Waals surface area contributed by atoms with Crippen LogP contribution in [-0.2, 0) is 12.8 Å². The number of aromatic nitrogens is 5. The van der Waals surface area contributed by atoms with Crippen LogP contribution in [-0.4, -0.2) is 25.3 Å². The average Bonchev–Trinajstić information content (AvgIpc) is 2.98. The van der Waals surface area contributed by atoms with Gasteiger partial charge in [-0.1, -0.05) is 30.8 Å². The van der Waals surface area contributed by atoms with E-state index in [9.17, 15) is 0 Å². The minimum atomic E-state index is 0.0589. The molecule has 2 rings (SSSR count). The summed E-state index contributed by atoms with van der Waals surface area (Å²) in [7, 11) is 0. The van der Waals surface area contributed by atoms with Gasteiger partial charge in [-0.3, -0.25) is 5.10 Å². The van der Waals surface area contributed by atoms with Crippen molar-refractivity contribution < 1.29 is 4.52 Å². The van der Waals surface area contributed by atoms with Gasteiger partial charge in [0.2, 0.25) is 11.0 Å². The SMILES string of the molecule is CCCc1noc(C(C)Sc2n[nH]c(CC)n2)n1. The Morgan fingerprint density at radius 3 is 2.83 bits per heavy atom. The first-order valence-electron chi connectivity index (χ1n) is 6.13. The molecule has 2 aromatic heterocycles. The van der Waals surface area contributed by atoms with E-state index in [0.29, 0.717) is 5.89 Å². The fourth-order valence-corrected chi connectivity index (χ4v) is 2.23. The van der Waals surface area contributed by atoms with Crippen LogP contribution >= 0.6 is 11.8 Å². The van der Waals surface area contributed by atoms with Gasteiger partial charge < -0.3 is 4.52 Å². The first-order chi connectivity index (χ1) is 8.72. The van der Waals surface area contributed by atoms with Gasteiger partial charge in [0.1, 0.15) is 5.82 Å². The van der Waals surface area contributed by atoms with Crippen molar-refractivity contribution in [2.45, 2.75) is 50.4 Å². The van der Waals surface area contributed by atoms with Gasteiger partial charge in [0, 0.05) is 12.8 Å². The second kappa shape index (κ2) is 5.99. The van der Waals surface area contributed by atoms with Gasteiger partial charge in [-0.2, -0.15) is 4.98 Å². The normalized spacial score (nSPS) is 12.8. The van der Waals surface area contributed by atoms with E-state index in [4.69, 9.17) is 4.52 Å². The first kappa shape index (κ1) is 13.1. The van der Waals surface area contributed by atoms with E-state index in [2.05, 4.69) is 32.2 Å². The Morgan fingerprint density at radius 1 is 1.33 bits per heavy atom.